The van der Waals surface area contributed by atoms with E-state index in [4.69, 9.17) is 11.6 Å². The number of hydrogen-bond acceptors (Lipinski definition) is 5. The maximum absolute atomic E-state index is 12.8. The summed E-state index contributed by atoms with van der Waals surface area (Å²) in [7, 11) is 0. The van der Waals surface area contributed by atoms with Gasteiger partial charge in [0, 0.05) is 50.1 Å². The predicted molar refractivity (Wildman–Crippen MR) is 106 cm³/mol. The van der Waals surface area contributed by atoms with Gasteiger partial charge in [-0.2, -0.15) is 5.10 Å². The molecule has 0 atom stereocenters. The molecule has 1 saturated heterocycles. The lowest BCUT2D eigenvalue weighted by atomic mass is 10.2. The lowest BCUT2D eigenvalue weighted by Gasteiger charge is -2.34. The van der Waals surface area contributed by atoms with Crippen molar-refractivity contribution in [1.82, 2.24) is 24.6 Å². The van der Waals surface area contributed by atoms with Gasteiger partial charge in [0.15, 0.2) is 11.4 Å². The van der Waals surface area contributed by atoms with E-state index in [1.807, 2.05) is 12.1 Å². The number of rotatable bonds is 4. The highest BCUT2D eigenvalue weighted by molar-refractivity contribution is 6.30. The summed E-state index contributed by atoms with van der Waals surface area (Å²) in [4.78, 5) is 20.9. The average molecular weight is 398 g/mol. The van der Waals surface area contributed by atoms with Crippen molar-refractivity contribution >= 4 is 17.5 Å². The molecule has 0 bridgehead atoms. The fourth-order valence-corrected chi connectivity index (χ4v) is 3.37. The van der Waals surface area contributed by atoms with Crippen molar-refractivity contribution < 1.29 is 9.90 Å². The van der Waals surface area contributed by atoms with E-state index >= 15 is 0 Å². The van der Waals surface area contributed by atoms with E-state index in [0.29, 0.717) is 18.1 Å². The second-order valence-electron chi connectivity index (χ2n) is 6.71. The molecule has 3 heterocycles. The molecule has 28 heavy (non-hydrogen) atoms. The van der Waals surface area contributed by atoms with Crippen LogP contribution in [0.3, 0.4) is 0 Å². The van der Waals surface area contributed by atoms with Gasteiger partial charge in [0.1, 0.15) is 0 Å². The summed E-state index contributed by atoms with van der Waals surface area (Å²) in [6, 6.07) is 11.0. The number of pyridine rings is 1. The van der Waals surface area contributed by atoms with Gasteiger partial charge in [-0.15, -0.1) is 0 Å². The third-order valence-electron chi connectivity index (χ3n) is 4.80. The van der Waals surface area contributed by atoms with Gasteiger partial charge in [-0.1, -0.05) is 11.6 Å². The zero-order valence-corrected chi connectivity index (χ0v) is 16.0. The van der Waals surface area contributed by atoms with Crippen LogP contribution in [0.25, 0.3) is 5.69 Å². The highest BCUT2D eigenvalue weighted by Gasteiger charge is 2.26. The molecule has 1 amide bonds. The van der Waals surface area contributed by atoms with Crippen LogP contribution in [-0.4, -0.2) is 61.8 Å². The number of carbonyl (C=O) groups is 1. The molecule has 4 rings (SSSR count). The lowest BCUT2D eigenvalue weighted by Crippen LogP contribution is -2.48. The zero-order chi connectivity index (χ0) is 19.5. The number of amides is 1. The van der Waals surface area contributed by atoms with Gasteiger partial charge >= 0.3 is 0 Å². The van der Waals surface area contributed by atoms with Crippen LogP contribution in [-0.2, 0) is 6.54 Å². The molecular weight excluding hydrogens is 378 g/mol. The third-order valence-corrected chi connectivity index (χ3v) is 5.06. The van der Waals surface area contributed by atoms with Gasteiger partial charge in [-0.25, -0.2) is 4.68 Å². The molecule has 0 saturated carbocycles. The highest BCUT2D eigenvalue weighted by Crippen LogP contribution is 2.21. The monoisotopic (exact) mass is 397 g/mol. The second kappa shape index (κ2) is 8.00. The van der Waals surface area contributed by atoms with Gasteiger partial charge < -0.3 is 10.0 Å². The molecule has 1 fully saturated rings. The Morgan fingerprint density at radius 2 is 1.71 bits per heavy atom. The minimum absolute atomic E-state index is 0.0672. The molecular formula is C20H20ClN5O2. The molecule has 2 aromatic heterocycles. The summed E-state index contributed by atoms with van der Waals surface area (Å²) in [5.41, 5.74) is 1.99. The summed E-state index contributed by atoms with van der Waals surface area (Å²) >= 11 is 5.90. The maximum atomic E-state index is 12.8. The third kappa shape index (κ3) is 4.00. The van der Waals surface area contributed by atoms with E-state index in [9.17, 15) is 9.90 Å². The van der Waals surface area contributed by atoms with Crippen LogP contribution in [0, 0.1) is 0 Å². The average Bonchev–Trinajstić information content (AvgIpc) is 3.11. The van der Waals surface area contributed by atoms with E-state index < -0.39 is 0 Å². The van der Waals surface area contributed by atoms with Gasteiger partial charge in [0.2, 0.25) is 0 Å². The predicted octanol–water partition coefficient (Wildman–Crippen LogP) is 2.58. The Kier molecular flexibility index (Phi) is 5.27. The molecule has 3 aromatic rings. The molecule has 144 valence electrons. The van der Waals surface area contributed by atoms with Crippen molar-refractivity contribution in [2.45, 2.75) is 6.54 Å². The van der Waals surface area contributed by atoms with Crippen LogP contribution in [0.2, 0.25) is 5.02 Å². The van der Waals surface area contributed by atoms with E-state index in [1.54, 1.807) is 41.6 Å². The molecule has 0 unspecified atom stereocenters. The first-order valence-corrected chi connectivity index (χ1v) is 9.43. The lowest BCUT2D eigenvalue weighted by molar-refractivity contribution is 0.0619. The fraction of sp³-hybridized carbons (Fsp3) is 0.250. The number of aromatic nitrogens is 3. The summed E-state index contributed by atoms with van der Waals surface area (Å²) in [6.07, 6.45) is 5.01. The van der Waals surface area contributed by atoms with Gasteiger partial charge in [-0.3, -0.25) is 14.7 Å². The van der Waals surface area contributed by atoms with Crippen molar-refractivity contribution in [2.75, 3.05) is 26.2 Å². The van der Waals surface area contributed by atoms with Crippen LogP contribution in [0.1, 0.15) is 16.1 Å². The molecule has 1 aromatic carbocycles. The van der Waals surface area contributed by atoms with Crippen LogP contribution in [0.5, 0.6) is 5.75 Å². The van der Waals surface area contributed by atoms with E-state index in [2.05, 4.69) is 15.0 Å². The minimum Gasteiger partial charge on any atom is -0.504 e. The Hall–Kier alpha value is -2.90. The Bertz CT molecular complexity index is 950. The molecule has 0 aliphatic carbocycles. The molecule has 1 aliphatic heterocycles. The molecule has 7 nitrogen and oxygen atoms in total. The first kappa shape index (κ1) is 18.5. The van der Waals surface area contributed by atoms with Crippen molar-refractivity contribution in [2.24, 2.45) is 0 Å². The number of carbonyl (C=O) groups excluding carboxylic acids is 1. The Balaban J connectivity index is 1.41. The molecule has 0 spiro atoms. The SMILES string of the molecule is O=C(c1nn(-c2ccc(Cl)cc2)cc1O)N1CCN(Cc2ccncc2)CC1. The number of halogens is 1. The topological polar surface area (TPSA) is 74.5 Å². The highest BCUT2D eigenvalue weighted by atomic mass is 35.5. The van der Waals surface area contributed by atoms with Crippen molar-refractivity contribution in [1.29, 1.82) is 0 Å². The quantitative estimate of drug-likeness (QED) is 0.732. The van der Waals surface area contributed by atoms with Gasteiger partial charge in [-0.05, 0) is 42.0 Å². The number of aromatic hydroxyl groups is 1. The molecule has 0 radical (unpaired) electrons. The summed E-state index contributed by atoms with van der Waals surface area (Å²) in [6.45, 7) is 3.56. The van der Waals surface area contributed by atoms with Crippen LogP contribution in [0.4, 0.5) is 0 Å². The Morgan fingerprint density at radius 1 is 1.04 bits per heavy atom. The van der Waals surface area contributed by atoms with Crippen LogP contribution >= 0.6 is 11.6 Å². The summed E-state index contributed by atoms with van der Waals surface area (Å²) < 4.78 is 1.48. The smallest absolute Gasteiger partial charge is 0.278 e. The van der Waals surface area contributed by atoms with Crippen molar-refractivity contribution in [3.8, 4) is 11.4 Å². The maximum Gasteiger partial charge on any atom is 0.278 e. The van der Waals surface area contributed by atoms with E-state index in [1.165, 1.54) is 16.4 Å². The van der Waals surface area contributed by atoms with Crippen molar-refractivity contribution in [3.63, 3.8) is 0 Å². The summed E-state index contributed by atoms with van der Waals surface area (Å²) in [5.74, 6) is -0.382. The van der Waals surface area contributed by atoms with E-state index in [0.717, 1.165) is 25.3 Å². The largest absolute Gasteiger partial charge is 0.504 e. The number of hydrogen-bond donors (Lipinski definition) is 1. The zero-order valence-electron chi connectivity index (χ0n) is 15.2. The van der Waals surface area contributed by atoms with E-state index in [-0.39, 0.29) is 17.4 Å². The van der Waals surface area contributed by atoms with Crippen LogP contribution in [0.15, 0.2) is 55.0 Å². The minimum atomic E-state index is -0.256. The normalized spacial score (nSPS) is 15.0. The van der Waals surface area contributed by atoms with Crippen LogP contribution < -0.4 is 0 Å². The van der Waals surface area contributed by atoms with Gasteiger partial charge in [0.25, 0.3) is 5.91 Å². The van der Waals surface area contributed by atoms with Crippen molar-refractivity contribution in [3.05, 3.63) is 71.3 Å². The fourth-order valence-electron chi connectivity index (χ4n) is 3.25. The van der Waals surface area contributed by atoms with Gasteiger partial charge in [0.05, 0.1) is 11.9 Å². The molecule has 1 N–H and O–H groups in total. The number of benzene rings is 1. The molecule has 8 heteroatoms. The number of nitrogens with zero attached hydrogens (tertiary/aromatic N) is 5. The Morgan fingerprint density at radius 3 is 2.39 bits per heavy atom. The number of piperazine rings is 1. The second-order valence-corrected chi connectivity index (χ2v) is 7.14. The first-order chi connectivity index (χ1) is 13.6. The molecule has 1 aliphatic rings. The first-order valence-electron chi connectivity index (χ1n) is 9.05. The Labute approximate surface area is 167 Å². The standard InChI is InChI=1S/C20H20ClN5O2/c21-16-1-3-17(4-2-16)26-14-18(27)19(23-26)20(28)25-11-9-24(10-12-25)13-15-5-7-22-8-6-15/h1-8,14,27H,9-13H2. The summed E-state index contributed by atoms with van der Waals surface area (Å²) in [5, 5.41) is 15.1.